The van der Waals surface area contributed by atoms with E-state index in [2.05, 4.69) is 17.3 Å². The van der Waals surface area contributed by atoms with Crippen LogP contribution >= 0.6 is 0 Å². The highest BCUT2D eigenvalue weighted by atomic mass is 16.5. The molecule has 1 fully saturated rings. The Labute approximate surface area is 116 Å². The predicted octanol–water partition coefficient (Wildman–Crippen LogP) is 0.503. The molecule has 1 saturated carbocycles. The summed E-state index contributed by atoms with van der Waals surface area (Å²) in [6.07, 6.45) is 2.31. The van der Waals surface area contributed by atoms with E-state index >= 15 is 0 Å². The third kappa shape index (κ3) is 3.67. The van der Waals surface area contributed by atoms with Crippen LogP contribution in [0.25, 0.3) is 0 Å². The van der Waals surface area contributed by atoms with Crippen LogP contribution in [0.1, 0.15) is 18.4 Å². The second kappa shape index (κ2) is 5.99. The van der Waals surface area contributed by atoms with E-state index in [1.165, 1.54) is 0 Å². The second-order valence-corrected chi connectivity index (χ2v) is 4.37. The van der Waals surface area contributed by atoms with Gasteiger partial charge < -0.3 is 15.6 Å². The molecule has 6 heteroatoms. The zero-order valence-corrected chi connectivity index (χ0v) is 10.7. The Balaban J connectivity index is 2.17. The number of carboxylic acid groups (broad SMARTS) is 1. The lowest BCUT2D eigenvalue weighted by atomic mass is 10.2. The minimum Gasteiger partial charge on any atom is -0.476 e. The summed E-state index contributed by atoms with van der Waals surface area (Å²) in [4.78, 5) is 10.8. The van der Waals surface area contributed by atoms with Gasteiger partial charge in [0.15, 0.2) is 5.70 Å². The fourth-order valence-corrected chi connectivity index (χ4v) is 1.43. The van der Waals surface area contributed by atoms with Crippen LogP contribution in [0.5, 0.6) is 5.75 Å². The molecule has 0 radical (unpaired) electrons. The summed E-state index contributed by atoms with van der Waals surface area (Å²) in [6, 6.07) is 6.97. The van der Waals surface area contributed by atoms with Crippen LogP contribution in [0.3, 0.4) is 0 Å². The van der Waals surface area contributed by atoms with Crippen LogP contribution < -0.4 is 21.7 Å². The zero-order chi connectivity index (χ0) is 14.5. The molecule has 104 valence electrons. The Hall–Kier alpha value is -2.65. The van der Waals surface area contributed by atoms with E-state index < -0.39 is 11.7 Å². The molecule has 0 bridgehead atoms. The van der Waals surface area contributed by atoms with Crippen molar-refractivity contribution in [3.05, 3.63) is 41.4 Å². The third-order valence-corrected chi connectivity index (χ3v) is 2.66. The molecule has 0 unspecified atom stereocenters. The van der Waals surface area contributed by atoms with Crippen LogP contribution in [0.4, 0.5) is 0 Å². The molecule has 1 aliphatic rings. The second-order valence-electron chi connectivity index (χ2n) is 4.37. The van der Waals surface area contributed by atoms with Crippen molar-refractivity contribution in [1.29, 1.82) is 0 Å². The molecular weight excluding hydrogens is 258 g/mol. The van der Waals surface area contributed by atoms with Gasteiger partial charge in [-0.15, -0.1) is 0 Å². The Morgan fingerprint density at radius 2 is 2.20 bits per heavy atom. The average molecular weight is 273 g/mol. The van der Waals surface area contributed by atoms with Crippen molar-refractivity contribution in [3.8, 4) is 17.6 Å². The van der Waals surface area contributed by atoms with Crippen molar-refractivity contribution in [3.63, 3.8) is 0 Å². The molecule has 6 nitrogen and oxygen atoms in total. The van der Waals surface area contributed by atoms with Gasteiger partial charge in [-0.25, -0.2) is 10.6 Å². The molecule has 0 atom stereocenters. The number of nitrogens with two attached hydrogens (primary N) is 2. The summed E-state index contributed by atoms with van der Waals surface area (Å²) < 4.78 is 5.32. The summed E-state index contributed by atoms with van der Waals surface area (Å²) in [5.41, 5.74) is 7.77. The van der Waals surface area contributed by atoms with Crippen LogP contribution in [-0.2, 0) is 4.79 Å². The Morgan fingerprint density at radius 1 is 1.45 bits per heavy atom. The fraction of sp³-hybridized carbons (Fsp3) is 0.214. The minimum absolute atomic E-state index is 0.218. The fourth-order valence-electron chi connectivity index (χ4n) is 1.43. The largest absolute Gasteiger partial charge is 0.476 e. The Morgan fingerprint density at radius 3 is 2.80 bits per heavy atom. The van der Waals surface area contributed by atoms with Gasteiger partial charge in [0.1, 0.15) is 5.75 Å². The molecular formula is C14H15N3O3. The van der Waals surface area contributed by atoms with Crippen LogP contribution in [0.2, 0.25) is 0 Å². The predicted molar refractivity (Wildman–Crippen MR) is 72.8 cm³/mol. The molecule has 6 N–H and O–H groups in total. The van der Waals surface area contributed by atoms with Crippen molar-refractivity contribution in [1.82, 2.24) is 5.43 Å². The summed E-state index contributed by atoms with van der Waals surface area (Å²) in [6.45, 7) is 0. The number of ether oxygens (including phenoxy) is 1. The first kappa shape index (κ1) is 13.8. The van der Waals surface area contributed by atoms with Gasteiger partial charge in [0.2, 0.25) is 5.88 Å². The molecule has 2 rings (SSSR count). The van der Waals surface area contributed by atoms with Crippen molar-refractivity contribution in [2.75, 3.05) is 0 Å². The lowest BCUT2D eigenvalue weighted by molar-refractivity contribution is -0.132. The van der Waals surface area contributed by atoms with E-state index in [4.69, 9.17) is 21.4 Å². The highest BCUT2D eigenvalue weighted by Crippen LogP contribution is 2.27. The Bertz CT molecular complexity index is 610. The normalized spacial score (nSPS) is 14.7. The highest BCUT2D eigenvalue weighted by Gasteiger charge is 2.17. The summed E-state index contributed by atoms with van der Waals surface area (Å²) >= 11 is 0. The van der Waals surface area contributed by atoms with Gasteiger partial charge in [-0.2, -0.15) is 0 Å². The Kier molecular flexibility index (Phi) is 4.13. The molecule has 0 amide bonds. The number of aliphatic carboxylic acids is 1. The third-order valence-electron chi connectivity index (χ3n) is 2.66. The van der Waals surface area contributed by atoms with Gasteiger partial charge in [0.25, 0.3) is 0 Å². The van der Waals surface area contributed by atoms with E-state index in [-0.39, 0.29) is 5.88 Å². The average Bonchev–Trinajstić information content (AvgIpc) is 3.26. The summed E-state index contributed by atoms with van der Waals surface area (Å²) in [7, 11) is 0. The van der Waals surface area contributed by atoms with Gasteiger partial charge >= 0.3 is 5.97 Å². The molecule has 1 aromatic carbocycles. The lowest BCUT2D eigenvalue weighted by Gasteiger charge is -2.10. The number of benzene rings is 1. The van der Waals surface area contributed by atoms with Crippen molar-refractivity contribution < 1.29 is 14.6 Å². The molecule has 0 saturated heterocycles. The number of hydrogen-bond acceptors (Lipinski definition) is 5. The molecule has 20 heavy (non-hydrogen) atoms. The van der Waals surface area contributed by atoms with Crippen LogP contribution in [0.15, 0.2) is 35.8 Å². The molecule has 0 heterocycles. The van der Waals surface area contributed by atoms with Crippen molar-refractivity contribution in [2.45, 2.75) is 12.8 Å². The molecule has 0 aliphatic heterocycles. The maximum atomic E-state index is 10.8. The number of rotatable bonds is 4. The monoisotopic (exact) mass is 273 g/mol. The number of hydrogen-bond donors (Lipinski definition) is 4. The molecule has 0 spiro atoms. The topological polar surface area (TPSA) is 111 Å². The van der Waals surface area contributed by atoms with E-state index in [9.17, 15) is 4.79 Å². The lowest BCUT2D eigenvalue weighted by Crippen LogP contribution is -2.31. The maximum absolute atomic E-state index is 10.8. The number of hydrazine groups is 1. The number of carbonyl (C=O) groups is 1. The smallest absolute Gasteiger partial charge is 0.357 e. The quantitative estimate of drug-likeness (QED) is 0.209. The first-order chi connectivity index (χ1) is 9.60. The van der Waals surface area contributed by atoms with Gasteiger partial charge in [0.05, 0.1) is 0 Å². The van der Waals surface area contributed by atoms with Crippen molar-refractivity contribution in [2.24, 2.45) is 17.5 Å². The van der Waals surface area contributed by atoms with Gasteiger partial charge in [-0.3, -0.25) is 5.43 Å². The standard InChI is InChI=1S/C14H15N3O3/c15-12(14(18)19)13(17-16)20-11-3-1-2-10(8-11)7-6-9-4-5-9/h1-3,8-9,17H,4-5,15-16H2,(H,18,19)/b13-12+. The van der Waals surface area contributed by atoms with Crippen LogP contribution in [-0.4, -0.2) is 11.1 Å². The van der Waals surface area contributed by atoms with E-state index in [1.807, 2.05) is 6.07 Å². The zero-order valence-electron chi connectivity index (χ0n) is 10.7. The summed E-state index contributed by atoms with van der Waals surface area (Å²) in [5.74, 6) is 10.8. The van der Waals surface area contributed by atoms with Crippen LogP contribution in [0, 0.1) is 17.8 Å². The minimum atomic E-state index is -1.32. The first-order valence-electron chi connectivity index (χ1n) is 6.09. The number of nitrogens with one attached hydrogen (secondary N) is 1. The molecule has 1 aliphatic carbocycles. The van der Waals surface area contributed by atoms with Gasteiger partial charge in [0, 0.05) is 11.5 Å². The first-order valence-corrected chi connectivity index (χ1v) is 6.09. The SMILES string of the molecule is NN/C(Oc1cccc(C#CC2CC2)c1)=C(\N)C(=O)O. The van der Waals surface area contributed by atoms with E-state index in [1.54, 1.807) is 18.2 Å². The molecule has 1 aromatic rings. The van der Waals surface area contributed by atoms with E-state index in [0.717, 1.165) is 18.4 Å². The van der Waals surface area contributed by atoms with E-state index in [0.29, 0.717) is 11.7 Å². The number of carboxylic acids is 1. The summed E-state index contributed by atoms with van der Waals surface area (Å²) in [5, 5.41) is 8.79. The highest BCUT2D eigenvalue weighted by molar-refractivity contribution is 5.85. The van der Waals surface area contributed by atoms with Gasteiger partial charge in [-0.05, 0) is 31.0 Å². The van der Waals surface area contributed by atoms with Crippen molar-refractivity contribution >= 4 is 5.97 Å². The van der Waals surface area contributed by atoms with Gasteiger partial charge in [-0.1, -0.05) is 17.9 Å². The maximum Gasteiger partial charge on any atom is 0.357 e. The molecule has 0 aromatic heterocycles.